The zero-order valence-corrected chi connectivity index (χ0v) is 22.8. The van der Waals surface area contributed by atoms with E-state index in [9.17, 15) is 0 Å². The molecule has 0 radical (unpaired) electrons. The van der Waals surface area contributed by atoms with Crippen molar-refractivity contribution >= 4 is 26.5 Å². The van der Waals surface area contributed by atoms with Crippen molar-refractivity contribution in [2.24, 2.45) is 17.8 Å². The van der Waals surface area contributed by atoms with Crippen LogP contribution in [0.25, 0.3) is 0 Å². The summed E-state index contributed by atoms with van der Waals surface area (Å²) in [6.07, 6.45) is 12.8. The second-order valence-electron chi connectivity index (χ2n) is 10.5. The Balaban J connectivity index is 0.000000154. The topological polar surface area (TPSA) is 0 Å². The highest BCUT2D eigenvalue weighted by Gasteiger charge is 2.24. The van der Waals surface area contributed by atoms with E-state index in [0.29, 0.717) is 5.92 Å². The van der Waals surface area contributed by atoms with Gasteiger partial charge in [0, 0.05) is 17.8 Å². The van der Waals surface area contributed by atoms with Crippen molar-refractivity contribution in [1.82, 2.24) is 0 Å². The van der Waals surface area contributed by atoms with Gasteiger partial charge in [-0.3, -0.25) is 0 Å². The van der Waals surface area contributed by atoms with Crippen molar-refractivity contribution in [3.05, 3.63) is 60.7 Å². The highest BCUT2D eigenvalue weighted by molar-refractivity contribution is 6.96. The summed E-state index contributed by atoms with van der Waals surface area (Å²) in [5.41, 5.74) is 7.05. The molecule has 170 valence electrons. The van der Waals surface area contributed by atoms with E-state index < -0.39 is 16.1 Å². The number of hydrogen-bond donors (Lipinski definition) is 0. The molecule has 0 aromatic heterocycles. The fourth-order valence-corrected chi connectivity index (χ4v) is 6.59. The molecule has 3 aliphatic carbocycles. The van der Waals surface area contributed by atoms with Crippen LogP contribution in [0.3, 0.4) is 0 Å². The first-order valence-electron chi connectivity index (χ1n) is 12.4. The average Bonchev–Trinajstić information content (AvgIpc) is 3.68. The summed E-state index contributed by atoms with van der Waals surface area (Å²) in [5, 5.41) is 2.90. The molecule has 0 atom stereocenters. The van der Waals surface area contributed by atoms with Gasteiger partial charge in [-0.1, -0.05) is 86.9 Å². The van der Waals surface area contributed by atoms with Gasteiger partial charge in [0.1, 0.15) is 0 Å². The lowest BCUT2D eigenvalue weighted by Crippen LogP contribution is -2.39. The van der Waals surface area contributed by atoms with Crippen molar-refractivity contribution in [3.8, 4) is 35.3 Å². The summed E-state index contributed by atoms with van der Waals surface area (Å²) < 4.78 is 0. The summed E-state index contributed by atoms with van der Waals surface area (Å²) in [4.78, 5) is 0. The molecule has 0 nitrogen and oxygen atoms in total. The number of rotatable bonds is 2. The van der Waals surface area contributed by atoms with Gasteiger partial charge in [-0.05, 0) is 48.9 Å². The molecule has 3 fully saturated rings. The molecule has 0 saturated heterocycles. The van der Waals surface area contributed by atoms with Gasteiger partial charge in [-0.2, -0.15) is 0 Å². The summed E-state index contributed by atoms with van der Waals surface area (Å²) in [7, 11) is -2.93. The molecule has 0 N–H and O–H groups in total. The standard InChI is InChI=1S/2C13H16Si.C5H6/c2*1-14(2,11-10-12-8-9-12)13-6-4-3-5-7-13;1-2-5-3-4-5/h2*3-7,12H,8-9H2,1-2H3;1,5H,3-4H2. The van der Waals surface area contributed by atoms with Gasteiger partial charge in [0.05, 0.1) is 0 Å². The van der Waals surface area contributed by atoms with Gasteiger partial charge in [-0.25, -0.2) is 0 Å². The summed E-state index contributed by atoms with van der Waals surface area (Å²) in [5.74, 6) is 11.6. The number of terminal acetylenes is 1. The molecule has 3 saturated carbocycles. The molecule has 0 bridgehead atoms. The number of benzene rings is 2. The van der Waals surface area contributed by atoms with Crippen molar-refractivity contribution in [1.29, 1.82) is 0 Å². The maximum atomic E-state index is 4.98. The molecule has 2 heteroatoms. The van der Waals surface area contributed by atoms with E-state index in [1.807, 2.05) is 0 Å². The zero-order chi connectivity index (χ0) is 23.7. The largest absolute Gasteiger partial charge is 0.162 e. The Morgan fingerprint density at radius 3 is 1.15 bits per heavy atom. The summed E-state index contributed by atoms with van der Waals surface area (Å²) in [6, 6.07) is 21.5. The minimum absolute atomic E-state index is 0.662. The van der Waals surface area contributed by atoms with Crippen LogP contribution < -0.4 is 10.4 Å². The van der Waals surface area contributed by atoms with E-state index >= 15 is 0 Å². The van der Waals surface area contributed by atoms with E-state index in [1.54, 1.807) is 0 Å². The van der Waals surface area contributed by atoms with Crippen molar-refractivity contribution in [2.45, 2.75) is 64.7 Å². The maximum absolute atomic E-state index is 4.98. The second kappa shape index (κ2) is 11.6. The molecule has 0 unspecified atom stereocenters. The average molecular weight is 467 g/mol. The van der Waals surface area contributed by atoms with Crippen LogP contribution >= 0.6 is 0 Å². The highest BCUT2D eigenvalue weighted by Crippen LogP contribution is 2.28. The van der Waals surface area contributed by atoms with E-state index in [0.717, 1.165) is 11.8 Å². The Bertz CT molecular complexity index is 963. The van der Waals surface area contributed by atoms with E-state index in [-0.39, 0.29) is 0 Å². The van der Waals surface area contributed by atoms with Crippen molar-refractivity contribution < 1.29 is 0 Å². The Morgan fingerprint density at radius 1 is 0.576 bits per heavy atom. The smallest absolute Gasteiger partial charge is 0.126 e. The van der Waals surface area contributed by atoms with Crippen molar-refractivity contribution in [3.63, 3.8) is 0 Å². The molecule has 33 heavy (non-hydrogen) atoms. The second-order valence-corrected chi connectivity index (χ2v) is 18.7. The summed E-state index contributed by atoms with van der Waals surface area (Å²) in [6.45, 7) is 9.32. The van der Waals surface area contributed by atoms with Crippen LogP contribution in [0, 0.1) is 53.0 Å². The predicted octanol–water partition coefficient (Wildman–Crippen LogP) is 6.14. The molecule has 3 aliphatic rings. The first kappa shape index (κ1) is 25.2. The lowest BCUT2D eigenvalue weighted by molar-refractivity contribution is 1.18. The van der Waals surface area contributed by atoms with Crippen molar-refractivity contribution in [2.75, 3.05) is 0 Å². The Kier molecular flexibility index (Phi) is 8.86. The highest BCUT2D eigenvalue weighted by atomic mass is 28.3. The van der Waals surface area contributed by atoms with Crippen LogP contribution in [0.5, 0.6) is 0 Å². The van der Waals surface area contributed by atoms with Gasteiger partial charge >= 0.3 is 0 Å². The zero-order valence-electron chi connectivity index (χ0n) is 20.8. The van der Waals surface area contributed by atoms with Crippen LogP contribution in [0.1, 0.15) is 38.5 Å². The third-order valence-electron chi connectivity index (χ3n) is 6.14. The molecule has 5 rings (SSSR count). The van der Waals surface area contributed by atoms with Crippen LogP contribution in [0.2, 0.25) is 26.2 Å². The minimum Gasteiger partial charge on any atom is -0.126 e. The third-order valence-corrected chi connectivity index (χ3v) is 11.2. The van der Waals surface area contributed by atoms with Crippen LogP contribution in [-0.4, -0.2) is 16.1 Å². The first-order valence-corrected chi connectivity index (χ1v) is 18.4. The van der Waals surface area contributed by atoms with Crippen LogP contribution in [-0.2, 0) is 0 Å². The molecular weight excluding hydrogens is 429 g/mol. The van der Waals surface area contributed by atoms with Gasteiger partial charge in [0.15, 0.2) is 16.1 Å². The van der Waals surface area contributed by atoms with E-state index in [2.05, 4.69) is 116 Å². The van der Waals surface area contributed by atoms with E-state index in [4.69, 9.17) is 6.42 Å². The van der Waals surface area contributed by atoms with E-state index in [1.165, 1.54) is 48.9 Å². The molecule has 2 aromatic carbocycles. The van der Waals surface area contributed by atoms with Gasteiger partial charge in [0.2, 0.25) is 0 Å². The Morgan fingerprint density at radius 2 is 0.909 bits per heavy atom. The van der Waals surface area contributed by atoms with Gasteiger partial charge in [0.25, 0.3) is 0 Å². The van der Waals surface area contributed by atoms with Gasteiger partial charge in [-0.15, -0.1) is 35.3 Å². The quantitative estimate of drug-likeness (QED) is 0.368. The molecule has 2 aromatic rings. The lowest BCUT2D eigenvalue weighted by atomic mass is 10.4. The molecule has 0 heterocycles. The molecule has 0 aliphatic heterocycles. The predicted molar refractivity (Wildman–Crippen MR) is 150 cm³/mol. The minimum atomic E-state index is -1.46. The lowest BCUT2D eigenvalue weighted by Gasteiger charge is -2.14. The first-order chi connectivity index (χ1) is 15.8. The number of hydrogen-bond acceptors (Lipinski definition) is 0. The third kappa shape index (κ3) is 9.52. The SMILES string of the molecule is C#CC1CC1.C[Si](C)(C#CC1CC1)c1ccccc1.C[Si](C)(C#CC1CC1)c1ccccc1. The monoisotopic (exact) mass is 466 g/mol. The maximum Gasteiger partial charge on any atom is 0.162 e. The molecular formula is C31H38Si2. The molecule has 0 amide bonds. The van der Waals surface area contributed by atoms with Crippen LogP contribution in [0.15, 0.2) is 60.7 Å². The molecule has 0 spiro atoms. The fourth-order valence-electron chi connectivity index (χ4n) is 3.12. The Hall–Kier alpha value is -2.45. The Labute approximate surface area is 204 Å². The van der Waals surface area contributed by atoms with Gasteiger partial charge < -0.3 is 0 Å². The van der Waals surface area contributed by atoms with Crippen LogP contribution in [0.4, 0.5) is 0 Å². The summed E-state index contributed by atoms with van der Waals surface area (Å²) >= 11 is 0. The fraction of sp³-hybridized carbons (Fsp3) is 0.419. The normalized spacial score (nSPS) is 16.7.